The van der Waals surface area contributed by atoms with Crippen LogP contribution in [-0.4, -0.2) is 30.2 Å². The maximum Gasteiger partial charge on any atom is 0.338 e. The Labute approximate surface area is 109 Å². The molecule has 1 aromatic rings. The smallest absolute Gasteiger partial charge is 0.338 e. The number of nitrogens with zero attached hydrogens (tertiary/aromatic N) is 1. The van der Waals surface area contributed by atoms with Crippen LogP contribution in [0.3, 0.4) is 0 Å². The molecule has 0 N–H and O–H groups in total. The zero-order chi connectivity index (χ0) is 14.4. The van der Waals surface area contributed by atoms with E-state index in [0.717, 1.165) is 18.2 Å². The standard InChI is InChI=1S/C12H14FNO5/c1-8(2)18-5-6-19-12(15)9-3-4-10(13)11(7-9)14(16)17/h3-4,7-8H,5-6H2,1-2H3. The van der Waals surface area contributed by atoms with Gasteiger partial charge in [-0.2, -0.15) is 4.39 Å². The zero-order valence-corrected chi connectivity index (χ0v) is 10.6. The molecule has 0 saturated carbocycles. The lowest BCUT2D eigenvalue weighted by molar-refractivity contribution is -0.387. The minimum Gasteiger partial charge on any atom is -0.460 e. The summed E-state index contributed by atoms with van der Waals surface area (Å²) in [7, 11) is 0. The topological polar surface area (TPSA) is 78.7 Å². The highest BCUT2D eigenvalue weighted by atomic mass is 19.1. The summed E-state index contributed by atoms with van der Waals surface area (Å²) in [6.07, 6.45) is 0.0191. The summed E-state index contributed by atoms with van der Waals surface area (Å²) in [5.74, 6) is -1.75. The molecule has 0 aromatic heterocycles. The van der Waals surface area contributed by atoms with Crippen LogP contribution >= 0.6 is 0 Å². The van der Waals surface area contributed by atoms with E-state index in [1.54, 1.807) is 0 Å². The fourth-order valence-electron chi connectivity index (χ4n) is 1.28. The van der Waals surface area contributed by atoms with Gasteiger partial charge in [-0.3, -0.25) is 10.1 Å². The van der Waals surface area contributed by atoms with E-state index >= 15 is 0 Å². The largest absolute Gasteiger partial charge is 0.460 e. The van der Waals surface area contributed by atoms with Crippen molar-refractivity contribution in [3.63, 3.8) is 0 Å². The molecule has 0 unspecified atom stereocenters. The summed E-state index contributed by atoms with van der Waals surface area (Å²) in [6.45, 7) is 3.94. The minimum absolute atomic E-state index is 0.0191. The predicted molar refractivity (Wildman–Crippen MR) is 64.4 cm³/mol. The first-order chi connectivity index (χ1) is 8.91. The van der Waals surface area contributed by atoms with E-state index in [9.17, 15) is 19.3 Å². The Balaban J connectivity index is 2.62. The van der Waals surface area contributed by atoms with E-state index in [4.69, 9.17) is 9.47 Å². The number of esters is 1. The van der Waals surface area contributed by atoms with Crippen molar-refractivity contribution in [3.8, 4) is 0 Å². The van der Waals surface area contributed by atoms with Crippen LogP contribution in [0, 0.1) is 15.9 Å². The lowest BCUT2D eigenvalue weighted by Crippen LogP contribution is -2.13. The van der Waals surface area contributed by atoms with Crippen molar-refractivity contribution in [1.29, 1.82) is 0 Å². The average Bonchev–Trinajstić information content (AvgIpc) is 2.34. The van der Waals surface area contributed by atoms with E-state index in [1.807, 2.05) is 13.8 Å². The van der Waals surface area contributed by atoms with Gasteiger partial charge < -0.3 is 9.47 Å². The van der Waals surface area contributed by atoms with Crippen LogP contribution in [0.2, 0.25) is 0 Å². The summed E-state index contributed by atoms with van der Waals surface area (Å²) < 4.78 is 23.1. The number of hydrogen-bond acceptors (Lipinski definition) is 5. The third kappa shape index (κ3) is 4.63. The molecule has 104 valence electrons. The second kappa shape index (κ2) is 6.79. The normalized spacial score (nSPS) is 10.5. The van der Waals surface area contributed by atoms with E-state index < -0.39 is 22.4 Å². The Kier molecular flexibility index (Phi) is 5.37. The molecule has 0 spiro atoms. The average molecular weight is 271 g/mol. The third-order valence-corrected chi connectivity index (χ3v) is 2.15. The van der Waals surface area contributed by atoms with E-state index in [1.165, 1.54) is 0 Å². The Morgan fingerprint density at radius 3 is 2.68 bits per heavy atom. The number of nitro groups is 1. The van der Waals surface area contributed by atoms with Gasteiger partial charge in [-0.1, -0.05) is 0 Å². The lowest BCUT2D eigenvalue weighted by atomic mass is 10.2. The van der Waals surface area contributed by atoms with E-state index in [-0.39, 0.29) is 24.9 Å². The molecule has 0 radical (unpaired) electrons. The van der Waals surface area contributed by atoms with Crippen molar-refractivity contribution < 1.29 is 23.6 Å². The van der Waals surface area contributed by atoms with E-state index in [0.29, 0.717) is 0 Å². The highest BCUT2D eigenvalue weighted by Crippen LogP contribution is 2.18. The van der Waals surface area contributed by atoms with Crippen LogP contribution in [0.25, 0.3) is 0 Å². The number of nitro benzene ring substituents is 1. The molecule has 6 nitrogen and oxygen atoms in total. The fraction of sp³-hybridized carbons (Fsp3) is 0.417. The molecule has 0 fully saturated rings. The van der Waals surface area contributed by atoms with Gasteiger partial charge in [0.25, 0.3) is 0 Å². The molecule has 0 heterocycles. The Hall–Kier alpha value is -2.02. The van der Waals surface area contributed by atoms with Crippen LogP contribution in [-0.2, 0) is 9.47 Å². The van der Waals surface area contributed by atoms with Gasteiger partial charge in [0.15, 0.2) is 0 Å². The number of hydrogen-bond donors (Lipinski definition) is 0. The molecule has 0 aliphatic carbocycles. The van der Waals surface area contributed by atoms with Gasteiger partial charge in [0.05, 0.1) is 23.2 Å². The molecule has 0 atom stereocenters. The SMILES string of the molecule is CC(C)OCCOC(=O)c1ccc(F)c([N+](=O)[O-])c1. The van der Waals surface area contributed by atoms with Crippen molar-refractivity contribution in [2.24, 2.45) is 0 Å². The summed E-state index contributed by atoms with van der Waals surface area (Å²) in [6, 6.07) is 2.84. The molecule has 19 heavy (non-hydrogen) atoms. The molecule has 1 rings (SSSR count). The predicted octanol–water partition coefficient (Wildman–Crippen LogP) is 2.32. The zero-order valence-electron chi connectivity index (χ0n) is 10.6. The maximum absolute atomic E-state index is 13.1. The van der Waals surface area contributed by atoms with Gasteiger partial charge in [-0.25, -0.2) is 4.79 Å². The summed E-state index contributed by atoms with van der Waals surface area (Å²) in [5, 5.41) is 10.5. The highest BCUT2D eigenvalue weighted by molar-refractivity contribution is 5.90. The molecule has 7 heteroatoms. The monoisotopic (exact) mass is 271 g/mol. The molecule has 0 aliphatic rings. The first kappa shape index (κ1) is 15.0. The first-order valence-corrected chi connectivity index (χ1v) is 5.64. The fourth-order valence-corrected chi connectivity index (χ4v) is 1.28. The molecular formula is C12H14FNO5. The van der Waals surface area contributed by atoms with Crippen molar-refractivity contribution >= 4 is 11.7 Å². The lowest BCUT2D eigenvalue weighted by Gasteiger charge is -2.08. The molecule has 1 aromatic carbocycles. The summed E-state index contributed by atoms with van der Waals surface area (Å²) in [4.78, 5) is 21.2. The van der Waals surface area contributed by atoms with E-state index in [2.05, 4.69) is 0 Å². The maximum atomic E-state index is 13.1. The quantitative estimate of drug-likeness (QED) is 0.343. The summed E-state index contributed by atoms with van der Waals surface area (Å²) in [5.41, 5.74) is -0.828. The second-order valence-electron chi connectivity index (χ2n) is 3.98. The van der Waals surface area contributed by atoms with Gasteiger partial charge in [0.1, 0.15) is 6.61 Å². The molecule has 0 bridgehead atoms. The van der Waals surface area contributed by atoms with Gasteiger partial charge in [-0.05, 0) is 26.0 Å². The van der Waals surface area contributed by atoms with Crippen molar-refractivity contribution in [1.82, 2.24) is 0 Å². The summed E-state index contributed by atoms with van der Waals surface area (Å²) >= 11 is 0. The number of halogens is 1. The van der Waals surface area contributed by atoms with Crippen molar-refractivity contribution in [2.75, 3.05) is 13.2 Å². The third-order valence-electron chi connectivity index (χ3n) is 2.15. The number of benzene rings is 1. The highest BCUT2D eigenvalue weighted by Gasteiger charge is 2.18. The van der Waals surface area contributed by atoms with Crippen LogP contribution < -0.4 is 0 Å². The van der Waals surface area contributed by atoms with Gasteiger partial charge >= 0.3 is 11.7 Å². The van der Waals surface area contributed by atoms with Crippen LogP contribution in [0.5, 0.6) is 0 Å². The molecule has 0 aliphatic heterocycles. The van der Waals surface area contributed by atoms with Gasteiger partial charge in [0, 0.05) is 6.07 Å². The molecule has 0 amide bonds. The first-order valence-electron chi connectivity index (χ1n) is 5.64. The Bertz CT molecular complexity index is 475. The number of carbonyl (C=O) groups is 1. The van der Waals surface area contributed by atoms with Gasteiger partial charge in [-0.15, -0.1) is 0 Å². The number of carbonyl (C=O) groups excluding carboxylic acids is 1. The number of rotatable bonds is 6. The van der Waals surface area contributed by atoms with Gasteiger partial charge in [0.2, 0.25) is 5.82 Å². The van der Waals surface area contributed by atoms with Crippen LogP contribution in [0.1, 0.15) is 24.2 Å². The van der Waals surface area contributed by atoms with Crippen LogP contribution in [0.4, 0.5) is 10.1 Å². The minimum atomic E-state index is -0.996. The molecule has 0 saturated heterocycles. The number of ether oxygens (including phenoxy) is 2. The van der Waals surface area contributed by atoms with Crippen molar-refractivity contribution in [2.45, 2.75) is 20.0 Å². The second-order valence-corrected chi connectivity index (χ2v) is 3.98. The Morgan fingerprint density at radius 2 is 2.11 bits per heavy atom. The van der Waals surface area contributed by atoms with Crippen molar-refractivity contribution in [3.05, 3.63) is 39.7 Å². The Morgan fingerprint density at radius 1 is 1.42 bits per heavy atom. The molecular weight excluding hydrogens is 257 g/mol. The van der Waals surface area contributed by atoms with Crippen LogP contribution in [0.15, 0.2) is 18.2 Å².